The zero-order chi connectivity index (χ0) is 14.3. The predicted octanol–water partition coefficient (Wildman–Crippen LogP) is 1.74. The van der Waals surface area contributed by atoms with Gasteiger partial charge in [-0.1, -0.05) is 6.92 Å². The Hall–Kier alpha value is -1.76. The fourth-order valence-electron chi connectivity index (χ4n) is 1.26. The number of nitrogens with one attached hydrogen (secondary N) is 2. The maximum absolute atomic E-state index is 13.0. The molecular formula is C12H16FN3O2S. The predicted molar refractivity (Wildman–Crippen MR) is 73.4 cm³/mol. The topological polar surface area (TPSA) is 84.2 Å². The fraction of sp³-hybridized carbons (Fsp3) is 0.333. The number of rotatable bonds is 5. The molecular weight excluding hydrogens is 269 g/mol. The molecule has 1 aromatic rings. The van der Waals surface area contributed by atoms with Gasteiger partial charge in [0.2, 0.25) is 5.91 Å². The molecule has 1 rings (SSSR count). The summed E-state index contributed by atoms with van der Waals surface area (Å²) in [6, 6.07) is 3.53. The Bertz CT molecular complexity index is 448. The van der Waals surface area contributed by atoms with E-state index in [0.717, 1.165) is 18.2 Å². The molecule has 0 spiro atoms. The van der Waals surface area contributed by atoms with Crippen LogP contribution in [0.2, 0.25) is 0 Å². The van der Waals surface area contributed by atoms with Gasteiger partial charge in [0.05, 0.1) is 5.75 Å². The summed E-state index contributed by atoms with van der Waals surface area (Å²) in [6.45, 7) is 2.42. The van der Waals surface area contributed by atoms with E-state index in [0.29, 0.717) is 17.1 Å². The van der Waals surface area contributed by atoms with E-state index >= 15 is 0 Å². The normalized spacial score (nSPS) is 10.0. The third kappa shape index (κ3) is 6.10. The molecule has 0 atom stereocenters. The number of thioether (sulfide) groups is 1. The lowest BCUT2D eigenvalue weighted by Crippen LogP contribution is -2.40. The standard InChI is InChI=1S/C12H16FN3O2S/c1-2-3-15-12(18)16-11(17)7-19-10-5-8(13)4-9(14)6-10/h4-6H,2-3,7,14H2,1H3,(H2,15,16,17,18). The van der Waals surface area contributed by atoms with E-state index in [1.165, 1.54) is 12.1 Å². The Balaban J connectivity index is 2.39. The number of amides is 3. The minimum atomic E-state index is -0.522. The number of hydrogen-bond donors (Lipinski definition) is 3. The zero-order valence-corrected chi connectivity index (χ0v) is 11.3. The van der Waals surface area contributed by atoms with E-state index in [2.05, 4.69) is 10.6 Å². The van der Waals surface area contributed by atoms with Crippen molar-refractivity contribution in [2.24, 2.45) is 0 Å². The van der Waals surface area contributed by atoms with Crippen LogP contribution < -0.4 is 16.4 Å². The third-order valence-electron chi connectivity index (χ3n) is 2.05. The largest absolute Gasteiger partial charge is 0.399 e. The number of carbonyl (C=O) groups excluding carboxylic acids is 2. The zero-order valence-electron chi connectivity index (χ0n) is 10.5. The molecule has 0 saturated carbocycles. The fourth-order valence-corrected chi connectivity index (χ4v) is 2.05. The second-order valence-electron chi connectivity index (χ2n) is 3.81. The van der Waals surface area contributed by atoms with E-state index < -0.39 is 17.8 Å². The van der Waals surface area contributed by atoms with Gasteiger partial charge in [-0.25, -0.2) is 9.18 Å². The van der Waals surface area contributed by atoms with Crippen molar-refractivity contribution in [3.63, 3.8) is 0 Å². The van der Waals surface area contributed by atoms with E-state index in [1.54, 1.807) is 6.07 Å². The number of halogens is 1. The maximum atomic E-state index is 13.0. The van der Waals surface area contributed by atoms with Crippen LogP contribution in [0.4, 0.5) is 14.9 Å². The van der Waals surface area contributed by atoms with Gasteiger partial charge in [0.15, 0.2) is 0 Å². The minimum absolute atomic E-state index is 0.0163. The van der Waals surface area contributed by atoms with Crippen LogP contribution in [-0.4, -0.2) is 24.2 Å². The first kappa shape index (κ1) is 15.3. The van der Waals surface area contributed by atoms with Gasteiger partial charge in [-0.3, -0.25) is 10.1 Å². The second-order valence-corrected chi connectivity index (χ2v) is 4.86. The number of urea groups is 1. The van der Waals surface area contributed by atoms with Gasteiger partial charge >= 0.3 is 6.03 Å². The van der Waals surface area contributed by atoms with Crippen LogP contribution in [0.5, 0.6) is 0 Å². The molecule has 104 valence electrons. The van der Waals surface area contributed by atoms with E-state index in [-0.39, 0.29) is 5.75 Å². The lowest BCUT2D eigenvalue weighted by molar-refractivity contribution is -0.117. The number of benzene rings is 1. The lowest BCUT2D eigenvalue weighted by atomic mass is 10.3. The Morgan fingerprint density at radius 3 is 2.74 bits per heavy atom. The maximum Gasteiger partial charge on any atom is 0.321 e. The van der Waals surface area contributed by atoms with Crippen LogP contribution in [0.25, 0.3) is 0 Å². The molecule has 0 aliphatic heterocycles. The first-order valence-corrected chi connectivity index (χ1v) is 6.76. The van der Waals surface area contributed by atoms with Gasteiger partial charge in [-0.2, -0.15) is 0 Å². The monoisotopic (exact) mass is 285 g/mol. The summed E-state index contributed by atoms with van der Waals surface area (Å²) in [5.74, 6) is -0.882. The van der Waals surface area contributed by atoms with Crippen LogP contribution in [0.1, 0.15) is 13.3 Å². The molecule has 0 heterocycles. The molecule has 0 saturated heterocycles. The van der Waals surface area contributed by atoms with Crippen LogP contribution in [0.15, 0.2) is 23.1 Å². The summed E-state index contributed by atoms with van der Waals surface area (Å²) in [5, 5.41) is 4.70. The van der Waals surface area contributed by atoms with Crippen molar-refractivity contribution < 1.29 is 14.0 Å². The highest BCUT2D eigenvalue weighted by Crippen LogP contribution is 2.21. The number of nitrogen functional groups attached to an aromatic ring is 1. The molecule has 19 heavy (non-hydrogen) atoms. The lowest BCUT2D eigenvalue weighted by Gasteiger charge is -2.06. The Morgan fingerprint density at radius 2 is 2.11 bits per heavy atom. The number of hydrogen-bond acceptors (Lipinski definition) is 4. The SMILES string of the molecule is CCCNC(=O)NC(=O)CSc1cc(N)cc(F)c1. The van der Waals surface area contributed by atoms with E-state index in [9.17, 15) is 14.0 Å². The van der Waals surface area contributed by atoms with Gasteiger partial charge in [-0.15, -0.1) is 11.8 Å². The van der Waals surface area contributed by atoms with E-state index in [1.807, 2.05) is 6.92 Å². The van der Waals surface area contributed by atoms with Crippen LogP contribution in [0.3, 0.4) is 0 Å². The third-order valence-corrected chi connectivity index (χ3v) is 3.03. The van der Waals surface area contributed by atoms with E-state index in [4.69, 9.17) is 5.73 Å². The first-order chi connectivity index (χ1) is 9.01. The Morgan fingerprint density at radius 1 is 1.37 bits per heavy atom. The molecule has 3 amide bonds. The van der Waals surface area contributed by atoms with Crippen LogP contribution in [-0.2, 0) is 4.79 Å². The van der Waals surface area contributed by atoms with Gasteiger partial charge < -0.3 is 11.1 Å². The van der Waals surface area contributed by atoms with Crippen LogP contribution in [0, 0.1) is 5.82 Å². The molecule has 0 aliphatic rings. The molecule has 0 aliphatic carbocycles. The molecule has 0 radical (unpaired) electrons. The quantitative estimate of drug-likeness (QED) is 0.568. The summed E-state index contributed by atoms with van der Waals surface area (Å²) in [5.41, 5.74) is 5.78. The summed E-state index contributed by atoms with van der Waals surface area (Å²) < 4.78 is 13.0. The van der Waals surface area contributed by atoms with Crippen molar-refractivity contribution >= 4 is 29.4 Å². The van der Waals surface area contributed by atoms with Crippen molar-refractivity contribution in [2.75, 3.05) is 18.0 Å². The number of nitrogens with two attached hydrogens (primary N) is 1. The number of carbonyl (C=O) groups is 2. The minimum Gasteiger partial charge on any atom is -0.399 e. The molecule has 0 fully saturated rings. The van der Waals surface area contributed by atoms with Gasteiger partial charge in [-0.05, 0) is 24.6 Å². The average Bonchev–Trinajstić information content (AvgIpc) is 2.33. The molecule has 7 heteroatoms. The Labute approximate surface area is 115 Å². The number of imide groups is 1. The molecule has 0 bridgehead atoms. The van der Waals surface area contributed by atoms with Crippen molar-refractivity contribution in [1.29, 1.82) is 0 Å². The van der Waals surface area contributed by atoms with Gasteiger partial charge in [0.1, 0.15) is 5.82 Å². The first-order valence-electron chi connectivity index (χ1n) is 5.77. The molecule has 4 N–H and O–H groups in total. The second kappa shape index (κ2) is 7.63. The van der Waals surface area contributed by atoms with Crippen molar-refractivity contribution in [2.45, 2.75) is 18.2 Å². The summed E-state index contributed by atoms with van der Waals surface area (Å²) in [4.78, 5) is 23.2. The molecule has 5 nitrogen and oxygen atoms in total. The molecule has 1 aromatic carbocycles. The van der Waals surface area contributed by atoms with Crippen molar-refractivity contribution in [3.8, 4) is 0 Å². The van der Waals surface area contributed by atoms with Crippen LogP contribution >= 0.6 is 11.8 Å². The Kier molecular flexibility index (Phi) is 6.14. The van der Waals surface area contributed by atoms with Crippen molar-refractivity contribution in [1.82, 2.24) is 10.6 Å². The highest BCUT2D eigenvalue weighted by atomic mass is 32.2. The highest BCUT2D eigenvalue weighted by molar-refractivity contribution is 8.00. The van der Waals surface area contributed by atoms with Gasteiger partial charge in [0.25, 0.3) is 0 Å². The highest BCUT2D eigenvalue weighted by Gasteiger charge is 2.08. The smallest absolute Gasteiger partial charge is 0.321 e. The molecule has 0 unspecified atom stereocenters. The van der Waals surface area contributed by atoms with Crippen molar-refractivity contribution in [3.05, 3.63) is 24.0 Å². The summed E-state index contributed by atoms with van der Waals surface area (Å²) in [7, 11) is 0. The summed E-state index contributed by atoms with van der Waals surface area (Å²) >= 11 is 1.11. The average molecular weight is 285 g/mol. The molecule has 0 aromatic heterocycles. The van der Waals surface area contributed by atoms with Gasteiger partial charge in [0, 0.05) is 17.1 Å². The summed E-state index contributed by atoms with van der Waals surface area (Å²) in [6.07, 6.45) is 0.791. The number of anilines is 1.